The molecule has 0 aromatic heterocycles. The number of hydrogen-bond donors (Lipinski definition) is 0. The van der Waals surface area contributed by atoms with Gasteiger partial charge in [-0.15, -0.1) is 6.58 Å². The molecular weight excluding hydrogens is 116 g/mol. The Labute approximate surface area is 55.4 Å². The van der Waals surface area contributed by atoms with Crippen molar-refractivity contribution in [3.8, 4) is 0 Å². The van der Waals surface area contributed by atoms with Gasteiger partial charge in [0.2, 0.25) is 0 Å². The smallest absolute Gasteiger partial charge is 0.0237 e. The standard InChI is InChI=1S/C7H12S/c1-3-6-5-7(4-2)8-6/h3,6-7H,1,4-5H2,2H3. The van der Waals surface area contributed by atoms with E-state index in [1.165, 1.54) is 12.8 Å². The molecule has 1 rings (SSSR count). The van der Waals surface area contributed by atoms with Crippen LogP contribution < -0.4 is 0 Å². The maximum Gasteiger partial charge on any atom is 0.0237 e. The van der Waals surface area contributed by atoms with Gasteiger partial charge in [0.15, 0.2) is 0 Å². The van der Waals surface area contributed by atoms with Crippen molar-refractivity contribution < 1.29 is 0 Å². The van der Waals surface area contributed by atoms with E-state index in [2.05, 4.69) is 31.3 Å². The first-order valence-electron chi connectivity index (χ1n) is 3.14. The lowest BCUT2D eigenvalue weighted by molar-refractivity contribution is 0.706. The second-order valence-corrected chi connectivity index (χ2v) is 3.72. The highest BCUT2D eigenvalue weighted by Crippen LogP contribution is 2.38. The molecule has 1 saturated heterocycles. The fraction of sp³-hybridized carbons (Fsp3) is 0.714. The predicted octanol–water partition coefficient (Wildman–Crippen LogP) is 2.46. The molecule has 0 aliphatic carbocycles. The van der Waals surface area contributed by atoms with Gasteiger partial charge >= 0.3 is 0 Å². The lowest BCUT2D eigenvalue weighted by Gasteiger charge is -2.31. The molecule has 2 unspecified atom stereocenters. The summed E-state index contributed by atoms with van der Waals surface area (Å²) in [5.41, 5.74) is 0. The first-order chi connectivity index (χ1) is 3.86. The molecule has 1 heteroatoms. The minimum Gasteiger partial charge on any atom is -0.151 e. The maximum absolute atomic E-state index is 3.73. The molecule has 0 radical (unpaired) electrons. The van der Waals surface area contributed by atoms with Crippen molar-refractivity contribution in [1.29, 1.82) is 0 Å². The molecule has 0 nitrogen and oxygen atoms in total. The van der Waals surface area contributed by atoms with Gasteiger partial charge in [-0.3, -0.25) is 0 Å². The SMILES string of the molecule is C=CC1CC(CC)S1. The zero-order valence-electron chi connectivity index (χ0n) is 5.26. The molecule has 1 aliphatic heterocycles. The molecule has 0 aromatic rings. The van der Waals surface area contributed by atoms with Crippen LogP contribution in [0.3, 0.4) is 0 Å². The summed E-state index contributed by atoms with van der Waals surface area (Å²) < 4.78 is 0. The highest BCUT2D eigenvalue weighted by molar-refractivity contribution is 8.02. The highest BCUT2D eigenvalue weighted by Gasteiger charge is 2.24. The zero-order chi connectivity index (χ0) is 5.98. The van der Waals surface area contributed by atoms with E-state index in [1.807, 2.05) is 0 Å². The number of rotatable bonds is 2. The summed E-state index contributed by atoms with van der Waals surface area (Å²) in [4.78, 5) is 0. The fourth-order valence-electron chi connectivity index (χ4n) is 0.910. The van der Waals surface area contributed by atoms with Crippen LogP contribution in [0.5, 0.6) is 0 Å². The van der Waals surface area contributed by atoms with Gasteiger partial charge in [0.05, 0.1) is 0 Å². The van der Waals surface area contributed by atoms with Crippen molar-refractivity contribution in [2.45, 2.75) is 30.3 Å². The van der Waals surface area contributed by atoms with E-state index in [0.717, 1.165) is 10.5 Å². The Hall–Kier alpha value is 0.0900. The predicted molar refractivity (Wildman–Crippen MR) is 40.3 cm³/mol. The Morgan fingerprint density at radius 2 is 2.50 bits per heavy atom. The molecule has 0 N–H and O–H groups in total. The number of thioether (sulfide) groups is 1. The summed E-state index contributed by atoms with van der Waals surface area (Å²) in [6.45, 7) is 5.98. The van der Waals surface area contributed by atoms with Crippen molar-refractivity contribution in [2.75, 3.05) is 0 Å². The molecule has 0 saturated carbocycles. The summed E-state index contributed by atoms with van der Waals surface area (Å²) in [6.07, 6.45) is 4.75. The van der Waals surface area contributed by atoms with Gasteiger partial charge in [0, 0.05) is 10.5 Å². The summed E-state index contributed by atoms with van der Waals surface area (Å²) in [7, 11) is 0. The minimum absolute atomic E-state index is 0.778. The first-order valence-corrected chi connectivity index (χ1v) is 4.09. The summed E-state index contributed by atoms with van der Waals surface area (Å²) in [5.74, 6) is 0. The second kappa shape index (κ2) is 2.58. The average Bonchev–Trinajstić information content (AvgIpc) is 1.65. The van der Waals surface area contributed by atoms with E-state index >= 15 is 0 Å². The largest absolute Gasteiger partial charge is 0.151 e. The molecule has 1 heterocycles. The Morgan fingerprint density at radius 1 is 1.88 bits per heavy atom. The highest BCUT2D eigenvalue weighted by atomic mass is 32.2. The summed E-state index contributed by atoms with van der Waals surface area (Å²) in [6, 6.07) is 0. The topological polar surface area (TPSA) is 0 Å². The zero-order valence-corrected chi connectivity index (χ0v) is 6.08. The van der Waals surface area contributed by atoms with Crippen molar-refractivity contribution in [3.05, 3.63) is 12.7 Å². The Balaban J connectivity index is 2.11. The van der Waals surface area contributed by atoms with Crippen molar-refractivity contribution in [1.82, 2.24) is 0 Å². The average molecular weight is 128 g/mol. The van der Waals surface area contributed by atoms with Crippen LogP contribution in [0.15, 0.2) is 12.7 Å². The van der Waals surface area contributed by atoms with Gasteiger partial charge in [0.25, 0.3) is 0 Å². The van der Waals surface area contributed by atoms with Crippen LogP contribution in [0.4, 0.5) is 0 Å². The number of hydrogen-bond acceptors (Lipinski definition) is 1. The van der Waals surface area contributed by atoms with E-state index < -0.39 is 0 Å². The molecule has 1 fully saturated rings. The van der Waals surface area contributed by atoms with E-state index in [4.69, 9.17) is 0 Å². The molecule has 0 aromatic carbocycles. The van der Waals surface area contributed by atoms with Crippen LogP contribution in [0.1, 0.15) is 19.8 Å². The third-order valence-corrected chi connectivity index (χ3v) is 3.23. The van der Waals surface area contributed by atoms with Crippen LogP contribution >= 0.6 is 11.8 Å². The van der Waals surface area contributed by atoms with Crippen LogP contribution in [0.2, 0.25) is 0 Å². The van der Waals surface area contributed by atoms with Gasteiger partial charge in [-0.05, 0) is 12.8 Å². The van der Waals surface area contributed by atoms with Gasteiger partial charge in [-0.2, -0.15) is 11.8 Å². The molecule has 2 atom stereocenters. The quantitative estimate of drug-likeness (QED) is 0.515. The van der Waals surface area contributed by atoms with Crippen LogP contribution in [-0.4, -0.2) is 10.5 Å². The molecule has 0 amide bonds. The minimum atomic E-state index is 0.778. The van der Waals surface area contributed by atoms with Crippen LogP contribution in [0, 0.1) is 0 Å². The van der Waals surface area contributed by atoms with Crippen LogP contribution in [-0.2, 0) is 0 Å². The lowest BCUT2D eigenvalue weighted by Crippen LogP contribution is -2.23. The normalized spacial score (nSPS) is 36.1. The maximum atomic E-state index is 3.73. The summed E-state index contributed by atoms with van der Waals surface area (Å²) >= 11 is 2.06. The van der Waals surface area contributed by atoms with Crippen LogP contribution in [0.25, 0.3) is 0 Å². The Morgan fingerprint density at radius 3 is 2.88 bits per heavy atom. The van der Waals surface area contributed by atoms with E-state index in [-0.39, 0.29) is 0 Å². The fourth-order valence-corrected chi connectivity index (χ4v) is 2.01. The van der Waals surface area contributed by atoms with E-state index in [0.29, 0.717) is 0 Å². The second-order valence-electron chi connectivity index (χ2n) is 2.18. The Bertz CT molecular complexity index is 82.4. The van der Waals surface area contributed by atoms with Crippen molar-refractivity contribution >= 4 is 11.8 Å². The molecule has 46 valence electrons. The summed E-state index contributed by atoms with van der Waals surface area (Å²) in [5, 5.41) is 1.72. The lowest BCUT2D eigenvalue weighted by atomic mass is 10.2. The molecule has 1 aliphatic rings. The third kappa shape index (κ3) is 1.08. The molecular formula is C7H12S. The molecule has 0 spiro atoms. The van der Waals surface area contributed by atoms with E-state index in [9.17, 15) is 0 Å². The monoisotopic (exact) mass is 128 g/mol. The van der Waals surface area contributed by atoms with Crippen molar-refractivity contribution in [3.63, 3.8) is 0 Å². The van der Waals surface area contributed by atoms with E-state index in [1.54, 1.807) is 0 Å². The Kier molecular flexibility index (Phi) is 2.01. The van der Waals surface area contributed by atoms with Gasteiger partial charge in [0.1, 0.15) is 0 Å². The van der Waals surface area contributed by atoms with Gasteiger partial charge in [-0.25, -0.2) is 0 Å². The van der Waals surface area contributed by atoms with Crippen molar-refractivity contribution in [2.24, 2.45) is 0 Å². The van der Waals surface area contributed by atoms with Gasteiger partial charge in [-0.1, -0.05) is 13.0 Å². The van der Waals surface area contributed by atoms with Gasteiger partial charge < -0.3 is 0 Å². The first kappa shape index (κ1) is 6.21. The molecule has 0 bridgehead atoms. The third-order valence-electron chi connectivity index (χ3n) is 1.58. The molecule has 8 heavy (non-hydrogen) atoms.